The number of ether oxygens (including phenoxy) is 2. The van der Waals surface area contributed by atoms with Gasteiger partial charge in [0.05, 0.1) is 13.3 Å². The molecule has 0 saturated carbocycles. The van der Waals surface area contributed by atoms with Crippen LogP contribution < -0.4 is 9.47 Å². The average Bonchev–Trinajstić information content (AvgIpc) is 2.72. The van der Waals surface area contributed by atoms with Gasteiger partial charge in [0.25, 0.3) is 0 Å². The first-order valence-electron chi connectivity index (χ1n) is 5.19. The van der Waals surface area contributed by atoms with Crippen LogP contribution in [0.5, 0.6) is 17.5 Å². The van der Waals surface area contributed by atoms with Crippen molar-refractivity contribution < 1.29 is 19.4 Å². The summed E-state index contributed by atoms with van der Waals surface area (Å²) in [5.74, 6) is -0.0251. The Kier molecular flexibility index (Phi) is 3.18. The van der Waals surface area contributed by atoms with Gasteiger partial charge in [0.15, 0.2) is 11.5 Å². The van der Waals surface area contributed by atoms with Gasteiger partial charge in [-0.1, -0.05) is 12.1 Å². The second-order valence-electron chi connectivity index (χ2n) is 3.54. The Labute approximate surface area is 103 Å². The highest BCUT2D eigenvalue weighted by molar-refractivity contribution is 5.85. The van der Waals surface area contributed by atoms with E-state index in [1.807, 2.05) is 6.07 Å². The first-order chi connectivity index (χ1) is 8.63. The minimum Gasteiger partial charge on any atom is -0.493 e. The third-order valence-corrected chi connectivity index (χ3v) is 2.43. The number of carboxylic acid groups (broad SMARTS) is 1. The molecule has 1 N–H and O–H groups in total. The van der Waals surface area contributed by atoms with Crippen LogP contribution in [0, 0.1) is 0 Å². The summed E-state index contributed by atoms with van der Waals surface area (Å²) in [6.45, 7) is 0. The maximum Gasteiger partial charge on any atom is 0.354 e. The molecule has 18 heavy (non-hydrogen) atoms. The summed E-state index contributed by atoms with van der Waals surface area (Å²) < 4.78 is 12.0. The van der Waals surface area contributed by atoms with Gasteiger partial charge in [-0.2, -0.15) is 0 Å². The average molecular weight is 248 g/mol. The second-order valence-corrected chi connectivity index (χ2v) is 3.54. The third-order valence-electron chi connectivity index (χ3n) is 2.43. The number of rotatable bonds is 4. The van der Waals surface area contributed by atoms with Gasteiger partial charge in [-0.15, -0.1) is 0 Å². The summed E-state index contributed by atoms with van der Waals surface area (Å²) in [7, 11) is 3.10. The molecule has 0 fully saturated rings. The molecular weight excluding hydrogens is 236 g/mol. The number of carbonyl (C=O) groups is 1. The number of para-hydroxylation sites is 2. The molecule has 0 spiro atoms. The highest BCUT2D eigenvalue weighted by Crippen LogP contribution is 2.30. The van der Waals surface area contributed by atoms with Crippen molar-refractivity contribution >= 4 is 5.97 Å². The molecule has 1 aromatic heterocycles. The maximum atomic E-state index is 10.9. The van der Waals surface area contributed by atoms with Gasteiger partial charge in [0.1, 0.15) is 5.69 Å². The van der Waals surface area contributed by atoms with Crippen LogP contribution in [0.25, 0.3) is 0 Å². The van der Waals surface area contributed by atoms with E-state index in [0.29, 0.717) is 11.5 Å². The number of imidazole rings is 1. The molecule has 0 saturated heterocycles. The van der Waals surface area contributed by atoms with Gasteiger partial charge in [0, 0.05) is 7.05 Å². The number of aromatic nitrogens is 2. The van der Waals surface area contributed by atoms with E-state index in [1.54, 1.807) is 25.2 Å². The number of benzene rings is 1. The largest absolute Gasteiger partial charge is 0.493 e. The number of nitrogens with zero attached hydrogens (tertiary/aromatic N) is 2. The fraction of sp³-hybridized carbons (Fsp3) is 0.167. The SMILES string of the molecule is COc1ccccc1Oc1ncc(C(=O)O)n1C. The summed E-state index contributed by atoms with van der Waals surface area (Å²) in [5.41, 5.74) is 0.0555. The van der Waals surface area contributed by atoms with Crippen molar-refractivity contribution in [3.05, 3.63) is 36.2 Å². The summed E-state index contributed by atoms with van der Waals surface area (Å²) >= 11 is 0. The number of carboxylic acids is 1. The first-order valence-corrected chi connectivity index (χ1v) is 5.19. The molecule has 0 bridgehead atoms. The molecule has 2 aromatic rings. The first kappa shape index (κ1) is 12.0. The summed E-state index contributed by atoms with van der Waals surface area (Å²) in [4.78, 5) is 14.8. The Morgan fingerprint density at radius 1 is 1.33 bits per heavy atom. The van der Waals surface area contributed by atoms with Gasteiger partial charge in [-0.3, -0.25) is 4.57 Å². The highest BCUT2D eigenvalue weighted by atomic mass is 16.5. The van der Waals surface area contributed by atoms with Crippen molar-refractivity contribution in [3.8, 4) is 17.5 Å². The van der Waals surface area contributed by atoms with Crippen LogP contribution in [0.4, 0.5) is 0 Å². The van der Waals surface area contributed by atoms with Crippen LogP contribution in [-0.2, 0) is 7.05 Å². The Hall–Kier alpha value is -2.50. The Morgan fingerprint density at radius 3 is 2.56 bits per heavy atom. The Balaban J connectivity index is 2.32. The van der Waals surface area contributed by atoms with Crippen LogP contribution in [-0.4, -0.2) is 27.7 Å². The lowest BCUT2D eigenvalue weighted by molar-refractivity contribution is 0.0685. The number of aromatic carboxylic acids is 1. The fourth-order valence-corrected chi connectivity index (χ4v) is 1.49. The normalized spacial score (nSPS) is 10.1. The molecule has 0 atom stereocenters. The molecule has 1 aromatic carbocycles. The zero-order valence-electron chi connectivity index (χ0n) is 9.95. The predicted molar refractivity (Wildman–Crippen MR) is 63.2 cm³/mol. The smallest absolute Gasteiger partial charge is 0.354 e. The van der Waals surface area contributed by atoms with E-state index in [0.717, 1.165) is 0 Å². The van der Waals surface area contributed by atoms with Crippen LogP contribution in [0.1, 0.15) is 10.5 Å². The van der Waals surface area contributed by atoms with Crippen molar-refractivity contribution in [3.63, 3.8) is 0 Å². The van der Waals surface area contributed by atoms with Gasteiger partial charge in [-0.25, -0.2) is 9.78 Å². The van der Waals surface area contributed by atoms with E-state index in [4.69, 9.17) is 14.6 Å². The number of hydrogen-bond acceptors (Lipinski definition) is 4. The van der Waals surface area contributed by atoms with Gasteiger partial charge >= 0.3 is 12.0 Å². The van der Waals surface area contributed by atoms with E-state index >= 15 is 0 Å². The monoisotopic (exact) mass is 248 g/mol. The van der Waals surface area contributed by atoms with Crippen molar-refractivity contribution in [2.75, 3.05) is 7.11 Å². The fourth-order valence-electron chi connectivity index (χ4n) is 1.49. The summed E-state index contributed by atoms with van der Waals surface area (Å²) in [5, 5.41) is 8.90. The highest BCUT2D eigenvalue weighted by Gasteiger charge is 2.15. The summed E-state index contributed by atoms with van der Waals surface area (Å²) in [6.07, 6.45) is 1.24. The molecule has 0 amide bonds. The lowest BCUT2D eigenvalue weighted by Crippen LogP contribution is -2.05. The van der Waals surface area contributed by atoms with E-state index in [1.165, 1.54) is 17.9 Å². The molecule has 94 valence electrons. The molecule has 0 aliphatic rings. The zero-order chi connectivity index (χ0) is 13.1. The van der Waals surface area contributed by atoms with E-state index in [-0.39, 0.29) is 11.7 Å². The molecule has 0 unspecified atom stereocenters. The standard InChI is InChI=1S/C12H12N2O4/c1-14-8(11(15)16)7-13-12(14)18-10-6-4-3-5-9(10)17-2/h3-7H,1-2H3,(H,15,16). The van der Waals surface area contributed by atoms with Gasteiger partial charge in [0.2, 0.25) is 0 Å². The molecule has 6 nitrogen and oxygen atoms in total. The van der Waals surface area contributed by atoms with Crippen molar-refractivity contribution in [1.82, 2.24) is 9.55 Å². The topological polar surface area (TPSA) is 73.6 Å². The lowest BCUT2D eigenvalue weighted by Gasteiger charge is -2.09. The minimum absolute atomic E-state index is 0.0555. The molecule has 0 aliphatic carbocycles. The maximum absolute atomic E-state index is 10.9. The van der Waals surface area contributed by atoms with Crippen molar-refractivity contribution in [1.29, 1.82) is 0 Å². The van der Waals surface area contributed by atoms with E-state index in [9.17, 15) is 4.79 Å². The molecule has 0 radical (unpaired) electrons. The van der Waals surface area contributed by atoms with E-state index < -0.39 is 5.97 Å². The number of hydrogen-bond donors (Lipinski definition) is 1. The van der Waals surface area contributed by atoms with Crippen molar-refractivity contribution in [2.24, 2.45) is 7.05 Å². The van der Waals surface area contributed by atoms with Crippen LogP contribution >= 0.6 is 0 Å². The molecule has 6 heteroatoms. The molecule has 0 aliphatic heterocycles. The van der Waals surface area contributed by atoms with Crippen LogP contribution in [0.15, 0.2) is 30.5 Å². The van der Waals surface area contributed by atoms with Gasteiger partial charge in [-0.05, 0) is 12.1 Å². The van der Waals surface area contributed by atoms with E-state index in [2.05, 4.69) is 4.98 Å². The minimum atomic E-state index is -1.06. The lowest BCUT2D eigenvalue weighted by atomic mass is 10.3. The van der Waals surface area contributed by atoms with Crippen molar-refractivity contribution in [2.45, 2.75) is 0 Å². The summed E-state index contributed by atoms with van der Waals surface area (Å²) in [6, 6.07) is 7.26. The molecular formula is C12H12N2O4. The second kappa shape index (κ2) is 4.79. The Bertz CT molecular complexity index is 577. The number of methoxy groups -OCH3 is 1. The molecule has 1 heterocycles. The molecule has 2 rings (SSSR count). The van der Waals surface area contributed by atoms with Crippen LogP contribution in [0.2, 0.25) is 0 Å². The predicted octanol–water partition coefficient (Wildman–Crippen LogP) is 1.92. The van der Waals surface area contributed by atoms with Gasteiger partial charge < -0.3 is 14.6 Å². The zero-order valence-corrected chi connectivity index (χ0v) is 9.95. The quantitative estimate of drug-likeness (QED) is 0.894. The Morgan fingerprint density at radius 2 is 2.00 bits per heavy atom. The van der Waals surface area contributed by atoms with Crippen LogP contribution in [0.3, 0.4) is 0 Å². The third kappa shape index (κ3) is 2.13.